The van der Waals surface area contributed by atoms with E-state index in [9.17, 15) is 0 Å². The molecule has 1 N–H and O–H groups in total. The van der Waals surface area contributed by atoms with Gasteiger partial charge in [0.2, 0.25) is 0 Å². The van der Waals surface area contributed by atoms with Crippen LogP contribution in [0.1, 0.15) is 18.4 Å². The summed E-state index contributed by atoms with van der Waals surface area (Å²) in [7, 11) is 4.39. The van der Waals surface area contributed by atoms with Crippen LogP contribution in [0.3, 0.4) is 0 Å². The molecule has 0 saturated carbocycles. The van der Waals surface area contributed by atoms with Gasteiger partial charge in [-0.15, -0.1) is 0 Å². The number of aromatic nitrogens is 1. The second kappa shape index (κ2) is 5.35. The van der Waals surface area contributed by atoms with Gasteiger partial charge in [0.05, 0.1) is 0 Å². The summed E-state index contributed by atoms with van der Waals surface area (Å²) < 4.78 is 0. The first-order chi connectivity index (χ1) is 9.24. The van der Waals surface area contributed by atoms with Gasteiger partial charge in [-0.2, -0.15) is 0 Å². The molecule has 0 bridgehead atoms. The molecule has 1 aliphatic heterocycles. The summed E-state index contributed by atoms with van der Waals surface area (Å²) in [4.78, 5) is 8.31. The molecule has 0 radical (unpaired) electrons. The summed E-state index contributed by atoms with van der Waals surface area (Å²) in [6.07, 6.45) is 4.74. The van der Waals surface area contributed by atoms with Gasteiger partial charge >= 0.3 is 0 Å². The van der Waals surface area contributed by atoms with E-state index >= 15 is 0 Å². The first kappa shape index (κ1) is 12.7. The van der Waals surface area contributed by atoms with Crippen LogP contribution in [0.15, 0.2) is 30.5 Å². The lowest BCUT2D eigenvalue weighted by atomic mass is 10.0. The molecule has 1 aromatic carbocycles. The van der Waals surface area contributed by atoms with E-state index in [0.29, 0.717) is 0 Å². The third kappa shape index (κ3) is 2.67. The van der Waals surface area contributed by atoms with E-state index in [1.54, 1.807) is 0 Å². The van der Waals surface area contributed by atoms with E-state index in [2.05, 4.69) is 59.3 Å². The molecule has 0 atom stereocenters. The Morgan fingerprint density at radius 2 is 1.95 bits per heavy atom. The van der Waals surface area contributed by atoms with Crippen molar-refractivity contribution in [2.45, 2.75) is 25.4 Å². The normalized spacial score (nSPS) is 18.5. The van der Waals surface area contributed by atoms with Crippen molar-refractivity contribution in [3.8, 4) is 0 Å². The molecule has 1 fully saturated rings. The lowest BCUT2D eigenvalue weighted by molar-refractivity contribution is 0.140. The van der Waals surface area contributed by atoms with E-state index < -0.39 is 0 Å². The number of nitrogens with one attached hydrogen (secondary N) is 1. The summed E-state index contributed by atoms with van der Waals surface area (Å²) in [5.41, 5.74) is 2.68. The molecule has 2 heterocycles. The molecule has 19 heavy (non-hydrogen) atoms. The quantitative estimate of drug-likeness (QED) is 0.913. The zero-order chi connectivity index (χ0) is 13.2. The highest BCUT2D eigenvalue weighted by Gasteiger charge is 2.21. The van der Waals surface area contributed by atoms with Gasteiger partial charge in [-0.25, -0.2) is 0 Å². The number of aromatic amines is 1. The molecule has 1 aromatic heterocycles. The van der Waals surface area contributed by atoms with E-state index in [1.165, 1.54) is 42.4 Å². The molecule has 102 valence electrons. The molecule has 3 rings (SSSR count). The molecule has 1 aliphatic rings. The maximum Gasteiger partial charge on any atom is 0.0457 e. The maximum atomic E-state index is 3.37. The van der Waals surface area contributed by atoms with Crippen LogP contribution in [-0.4, -0.2) is 48.0 Å². The van der Waals surface area contributed by atoms with Crippen molar-refractivity contribution >= 4 is 10.9 Å². The van der Waals surface area contributed by atoms with Crippen LogP contribution in [0.25, 0.3) is 10.9 Å². The first-order valence-electron chi connectivity index (χ1n) is 7.18. The number of para-hydroxylation sites is 1. The van der Waals surface area contributed by atoms with Gasteiger partial charge < -0.3 is 9.88 Å². The van der Waals surface area contributed by atoms with Gasteiger partial charge in [0.1, 0.15) is 0 Å². The van der Waals surface area contributed by atoms with Gasteiger partial charge in [-0.05, 0) is 51.7 Å². The Morgan fingerprint density at radius 3 is 2.68 bits per heavy atom. The number of benzene rings is 1. The number of H-pyrrole nitrogens is 1. The number of hydrogen-bond donors (Lipinski definition) is 1. The second-order valence-electron chi connectivity index (χ2n) is 5.83. The Labute approximate surface area is 115 Å². The number of fused-ring (bicyclic) bond motifs is 1. The first-order valence-corrected chi connectivity index (χ1v) is 7.18. The van der Waals surface area contributed by atoms with Gasteiger partial charge in [-0.3, -0.25) is 4.90 Å². The van der Waals surface area contributed by atoms with Crippen molar-refractivity contribution in [1.82, 2.24) is 14.8 Å². The Kier molecular flexibility index (Phi) is 3.58. The fourth-order valence-electron chi connectivity index (χ4n) is 3.10. The molecule has 0 aliphatic carbocycles. The van der Waals surface area contributed by atoms with E-state index in [1.807, 2.05) is 0 Å². The van der Waals surface area contributed by atoms with Gasteiger partial charge in [0, 0.05) is 29.7 Å². The van der Waals surface area contributed by atoms with E-state index in [4.69, 9.17) is 0 Å². The van der Waals surface area contributed by atoms with Gasteiger partial charge in [0.25, 0.3) is 0 Å². The van der Waals surface area contributed by atoms with E-state index in [-0.39, 0.29) is 0 Å². The molecule has 3 nitrogen and oxygen atoms in total. The average Bonchev–Trinajstić information content (AvgIpc) is 2.83. The van der Waals surface area contributed by atoms with Crippen LogP contribution >= 0.6 is 0 Å². The highest BCUT2D eigenvalue weighted by Crippen LogP contribution is 2.22. The van der Waals surface area contributed by atoms with Crippen LogP contribution in [0.4, 0.5) is 0 Å². The largest absolute Gasteiger partial charge is 0.361 e. The van der Waals surface area contributed by atoms with Gasteiger partial charge in [-0.1, -0.05) is 18.2 Å². The Balaban J connectivity index is 1.66. The molecule has 2 aromatic rings. The smallest absolute Gasteiger partial charge is 0.0457 e. The predicted molar refractivity (Wildman–Crippen MR) is 80.3 cm³/mol. The van der Waals surface area contributed by atoms with Crippen molar-refractivity contribution in [2.75, 3.05) is 27.2 Å². The van der Waals surface area contributed by atoms with Crippen LogP contribution in [-0.2, 0) is 6.54 Å². The molecular weight excluding hydrogens is 234 g/mol. The summed E-state index contributed by atoms with van der Waals surface area (Å²) >= 11 is 0. The molecule has 0 unspecified atom stereocenters. The molecule has 0 spiro atoms. The molecule has 3 heteroatoms. The molecular formula is C16H23N3. The lowest BCUT2D eigenvalue weighted by Crippen LogP contribution is -2.41. The van der Waals surface area contributed by atoms with Crippen molar-refractivity contribution in [2.24, 2.45) is 0 Å². The predicted octanol–water partition coefficient (Wildman–Crippen LogP) is 2.69. The third-order valence-corrected chi connectivity index (χ3v) is 4.36. The van der Waals surface area contributed by atoms with Gasteiger partial charge in [0.15, 0.2) is 0 Å². The summed E-state index contributed by atoms with van der Waals surface area (Å²) in [6, 6.07) is 9.34. The number of likely N-dealkylation sites (tertiary alicyclic amines) is 1. The highest BCUT2D eigenvalue weighted by molar-refractivity contribution is 5.82. The minimum atomic E-state index is 0.763. The second-order valence-corrected chi connectivity index (χ2v) is 5.83. The zero-order valence-corrected chi connectivity index (χ0v) is 11.9. The summed E-state index contributed by atoms with van der Waals surface area (Å²) in [6.45, 7) is 3.49. The minimum absolute atomic E-state index is 0.763. The fraction of sp³-hybridized carbons (Fsp3) is 0.500. The van der Waals surface area contributed by atoms with Crippen molar-refractivity contribution in [1.29, 1.82) is 0 Å². The number of hydrogen-bond acceptors (Lipinski definition) is 2. The average molecular weight is 257 g/mol. The molecule has 0 amide bonds. The number of piperidine rings is 1. The van der Waals surface area contributed by atoms with Crippen molar-refractivity contribution < 1.29 is 0 Å². The zero-order valence-electron chi connectivity index (χ0n) is 11.9. The standard InChI is InChI=1S/C16H23N3/c1-18(2)14-7-9-19(10-8-14)12-13-11-17-16-6-4-3-5-15(13)16/h3-6,11,14,17H,7-10,12H2,1-2H3. The highest BCUT2D eigenvalue weighted by atomic mass is 15.2. The Bertz CT molecular complexity index is 536. The third-order valence-electron chi connectivity index (χ3n) is 4.36. The van der Waals surface area contributed by atoms with Crippen molar-refractivity contribution in [3.05, 3.63) is 36.0 Å². The van der Waals surface area contributed by atoms with Crippen LogP contribution in [0, 0.1) is 0 Å². The maximum absolute atomic E-state index is 3.37. The summed E-state index contributed by atoms with van der Waals surface area (Å²) in [5, 5.41) is 1.37. The Hall–Kier alpha value is -1.32. The summed E-state index contributed by atoms with van der Waals surface area (Å²) in [5.74, 6) is 0. The van der Waals surface area contributed by atoms with Crippen LogP contribution in [0.2, 0.25) is 0 Å². The van der Waals surface area contributed by atoms with Crippen LogP contribution < -0.4 is 0 Å². The SMILES string of the molecule is CN(C)C1CCN(Cc2c[nH]c3ccccc23)CC1. The Morgan fingerprint density at radius 1 is 1.21 bits per heavy atom. The fourth-order valence-corrected chi connectivity index (χ4v) is 3.10. The lowest BCUT2D eigenvalue weighted by Gasteiger charge is -2.35. The number of rotatable bonds is 3. The monoisotopic (exact) mass is 257 g/mol. The topological polar surface area (TPSA) is 22.3 Å². The van der Waals surface area contributed by atoms with Crippen molar-refractivity contribution in [3.63, 3.8) is 0 Å². The van der Waals surface area contributed by atoms with Crippen LogP contribution in [0.5, 0.6) is 0 Å². The number of nitrogens with zero attached hydrogens (tertiary/aromatic N) is 2. The van der Waals surface area contributed by atoms with E-state index in [0.717, 1.165) is 12.6 Å². The minimum Gasteiger partial charge on any atom is -0.361 e. The molecule has 1 saturated heterocycles.